The summed E-state index contributed by atoms with van der Waals surface area (Å²) in [6.07, 6.45) is 6.32. The summed E-state index contributed by atoms with van der Waals surface area (Å²) >= 11 is 0. The lowest BCUT2D eigenvalue weighted by atomic mass is 9.93. The second kappa shape index (κ2) is 16.6. The van der Waals surface area contributed by atoms with E-state index in [2.05, 4.69) is 31.2 Å². The van der Waals surface area contributed by atoms with E-state index in [1.165, 1.54) is 18.6 Å². The Morgan fingerprint density at radius 2 is 1.48 bits per heavy atom. The van der Waals surface area contributed by atoms with Gasteiger partial charge in [0.15, 0.2) is 11.6 Å². The maximum Gasteiger partial charge on any atom is 0.323 e. The van der Waals surface area contributed by atoms with Gasteiger partial charge < -0.3 is 25.6 Å². The van der Waals surface area contributed by atoms with Gasteiger partial charge in [0.2, 0.25) is 17.7 Å². The third-order valence-corrected chi connectivity index (χ3v) is 8.65. The number of Topliss-reactive ketones (excluding diaryl/α,β-unsaturated/α-hetero) is 1. The molecule has 0 bridgehead atoms. The van der Waals surface area contributed by atoms with Crippen molar-refractivity contribution in [3.05, 3.63) is 54.5 Å². The van der Waals surface area contributed by atoms with Gasteiger partial charge in [0.05, 0.1) is 18.8 Å². The zero-order valence-electron chi connectivity index (χ0n) is 28.5. The number of carbonyl (C=O) groups excluding carboxylic acids is 5. The van der Waals surface area contributed by atoms with Gasteiger partial charge in [-0.2, -0.15) is 0 Å². The number of amides is 5. The first-order valence-electron chi connectivity index (χ1n) is 16.8. The van der Waals surface area contributed by atoms with Crippen LogP contribution in [0.4, 0.5) is 10.6 Å². The van der Waals surface area contributed by atoms with E-state index < -0.39 is 35.5 Å². The molecule has 4 atom stereocenters. The van der Waals surface area contributed by atoms with Gasteiger partial charge in [0.25, 0.3) is 0 Å². The molecule has 0 spiro atoms. The smallest absolute Gasteiger partial charge is 0.323 e. The molecule has 1 aromatic carbocycles. The van der Waals surface area contributed by atoms with Crippen LogP contribution in [0.3, 0.4) is 0 Å². The Morgan fingerprint density at radius 1 is 0.875 bits per heavy atom. The van der Waals surface area contributed by atoms with Gasteiger partial charge in [-0.25, -0.2) is 9.78 Å². The number of hydrogen-bond acceptors (Lipinski definition) is 8. The van der Waals surface area contributed by atoms with Crippen molar-refractivity contribution < 1.29 is 28.7 Å². The lowest BCUT2D eigenvalue weighted by Crippen LogP contribution is -2.58. The summed E-state index contributed by atoms with van der Waals surface area (Å²) in [7, 11) is 0. The minimum absolute atomic E-state index is 0.0707. The number of anilines is 1. The molecule has 0 aliphatic carbocycles. The summed E-state index contributed by atoms with van der Waals surface area (Å²) in [6, 6.07) is 6.37. The molecule has 4 N–H and O–H groups in total. The molecule has 2 aliphatic rings. The van der Waals surface area contributed by atoms with Crippen LogP contribution in [0.25, 0.3) is 0 Å². The van der Waals surface area contributed by atoms with E-state index in [4.69, 9.17) is 4.74 Å². The molecule has 2 saturated heterocycles. The first kappa shape index (κ1) is 36.4. The third kappa shape index (κ3) is 10.6. The highest BCUT2D eigenvalue weighted by Gasteiger charge is 2.50. The first-order valence-corrected chi connectivity index (χ1v) is 16.8. The topological polar surface area (TPSA) is 175 Å². The number of epoxide rings is 1. The molecule has 0 saturated carbocycles. The third-order valence-electron chi connectivity index (χ3n) is 8.65. The highest BCUT2D eigenvalue weighted by atomic mass is 16.6. The fourth-order valence-corrected chi connectivity index (χ4v) is 5.82. The molecule has 0 unspecified atom stereocenters. The van der Waals surface area contributed by atoms with Crippen LogP contribution in [0.2, 0.25) is 0 Å². The molecule has 13 heteroatoms. The van der Waals surface area contributed by atoms with Gasteiger partial charge in [-0.05, 0) is 50.0 Å². The van der Waals surface area contributed by atoms with Crippen molar-refractivity contribution in [3.63, 3.8) is 0 Å². The Labute approximate surface area is 282 Å². The number of nitrogens with zero attached hydrogens (tertiary/aromatic N) is 3. The van der Waals surface area contributed by atoms with Crippen LogP contribution in [0.15, 0.2) is 48.9 Å². The molecule has 2 aliphatic heterocycles. The maximum absolute atomic E-state index is 13.8. The molecular weight excluding hydrogens is 614 g/mol. The molecule has 48 heavy (non-hydrogen) atoms. The molecule has 3 heterocycles. The van der Waals surface area contributed by atoms with Gasteiger partial charge >= 0.3 is 6.03 Å². The summed E-state index contributed by atoms with van der Waals surface area (Å²) in [6.45, 7) is 10.6. The fourth-order valence-electron chi connectivity index (χ4n) is 5.82. The zero-order valence-corrected chi connectivity index (χ0v) is 28.5. The van der Waals surface area contributed by atoms with E-state index in [9.17, 15) is 24.0 Å². The molecule has 5 amide bonds. The molecule has 0 radical (unpaired) electrons. The maximum atomic E-state index is 13.8. The number of rotatable bonds is 15. The molecule has 260 valence electrons. The van der Waals surface area contributed by atoms with Crippen LogP contribution in [0, 0.1) is 17.8 Å². The Hall–Kier alpha value is -4.39. The number of ketones is 1. The van der Waals surface area contributed by atoms with Crippen LogP contribution in [0.5, 0.6) is 0 Å². The number of likely N-dealkylation sites (tertiary alicyclic amines) is 1. The van der Waals surface area contributed by atoms with Crippen molar-refractivity contribution in [2.75, 3.05) is 25.0 Å². The van der Waals surface area contributed by atoms with Gasteiger partial charge in [-0.15, -0.1) is 0 Å². The number of aromatic nitrogens is 2. The van der Waals surface area contributed by atoms with E-state index in [1.54, 1.807) is 11.8 Å². The van der Waals surface area contributed by atoms with Gasteiger partial charge in [0, 0.05) is 37.8 Å². The summed E-state index contributed by atoms with van der Waals surface area (Å²) in [5.41, 5.74) is -0.0736. The minimum Gasteiger partial charge on any atom is -0.361 e. The van der Waals surface area contributed by atoms with Crippen molar-refractivity contribution >= 4 is 35.4 Å². The van der Waals surface area contributed by atoms with E-state index in [-0.39, 0.29) is 41.9 Å². The van der Waals surface area contributed by atoms with Crippen LogP contribution >= 0.6 is 0 Å². The quantitative estimate of drug-likeness (QED) is 0.211. The summed E-state index contributed by atoms with van der Waals surface area (Å²) in [5, 5.41) is 11.4. The Balaban J connectivity index is 1.41. The number of benzene rings is 1. The second-order valence-electron chi connectivity index (χ2n) is 13.8. The second-order valence-corrected chi connectivity index (χ2v) is 13.8. The molecule has 1 aromatic heterocycles. The van der Waals surface area contributed by atoms with E-state index in [0.717, 1.165) is 5.56 Å². The van der Waals surface area contributed by atoms with Gasteiger partial charge in [-0.1, -0.05) is 58.0 Å². The Kier molecular flexibility index (Phi) is 12.6. The van der Waals surface area contributed by atoms with Crippen molar-refractivity contribution in [2.45, 2.75) is 90.4 Å². The summed E-state index contributed by atoms with van der Waals surface area (Å²) < 4.78 is 5.38. The van der Waals surface area contributed by atoms with Crippen LogP contribution in [0.1, 0.15) is 65.9 Å². The molecule has 13 nitrogen and oxygen atoms in total. The molecule has 2 aromatic rings. The average molecular weight is 664 g/mol. The van der Waals surface area contributed by atoms with Gasteiger partial charge in [0.1, 0.15) is 17.7 Å². The predicted molar refractivity (Wildman–Crippen MR) is 180 cm³/mol. The lowest BCUT2D eigenvalue weighted by molar-refractivity contribution is -0.135. The van der Waals surface area contributed by atoms with Crippen molar-refractivity contribution in [3.8, 4) is 0 Å². The molecule has 2 fully saturated rings. The fraction of sp³-hybridized carbons (Fsp3) is 0.571. The number of urea groups is 1. The standard InChI is InChI=1S/C35H49N7O6/c1-22(2)17-26(30(43)35(5)21-48-35)38-33(46)28(19-24-9-7-6-8-10-24)40-32(45)27(18-23(3)4)39-31(44)25-11-15-42(16-12-25)34(47)41-29-20-36-13-14-37-29/h6-10,13-14,20,22-23,25-28H,11-12,15-19,21H2,1-5H3,(H,38,46)(H,39,44)(H,40,45)(H,37,41,47)/t26-,27-,28-,35+/m0/s1. The Bertz CT molecular complexity index is 1410. The summed E-state index contributed by atoms with van der Waals surface area (Å²) in [5.74, 6) is -1.24. The largest absolute Gasteiger partial charge is 0.361 e. The lowest BCUT2D eigenvalue weighted by Gasteiger charge is -2.32. The highest BCUT2D eigenvalue weighted by Crippen LogP contribution is 2.29. The molecule has 4 rings (SSSR count). The minimum atomic E-state index is -0.988. The van der Waals surface area contributed by atoms with E-state index in [0.29, 0.717) is 51.2 Å². The average Bonchev–Trinajstić information content (AvgIpc) is 3.82. The normalized spacial score (nSPS) is 19.6. The Morgan fingerprint density at radius 3 is 2.06 bits per heavy atom. The highest BCUT2D eigenvalue weighted by molar-refractivity contribution is 5.98. The van der Waals surface area contributed by atoms with Crippen molar-refractivity contribution in [1.82, 2.24) is 30.8 Å². The summed E-state index contributed by atoms with van der Waals surface area (Å²) in [4.78, 5) is 76.6. The van der Waals surface area contributed by atoms with E-state index >= 15 is 0 Å². The number of nitrogens with one attached hydrogen (secondary N) is 4. The first-order chi connectivity index (χ1) is 22.8. The van der Waals surface area contributed by atoms with Crippen molar-refractivity contribution in [2.24, 2.45) is 17.8 Å². The predicted octanol–water partition coefficient (Wildman–Crippen LogP) is 2.87. The SMILES string of the molecule is CC(C)C[C@H](NC(=O)C1CCN(C(=O)Nc2cnccn2)CC1)C(=O)N[C@@H](Cc1ccccc1)C(=O)N[C@@H](CC(C)C)C(=O)[C@@]1(C)CO1. The van der Waals surface area contributed by atoms with E-state index in [1.807, 2.05) is 58.0 Å². The number of hydrogen-bond donors (Lipinski definition) is 4. The van der Waals surface area contributed by atoms with Crippen LogP contribution in [-0.4, -0.2) is 87.8 Å². The zero-order chi connectivity index (χ0) is 34.8. The number of ether oxygens (including phenoxy) is 1. The number of piperidine rings is 1. The van der Waals surface area contributed by atoms with Gasteiger partial charge in [-0.3, -0.25) is 29.5 Å². The van der Waals surface area contributed by atoms with Crippen LogP contribution in [-0.2, 0) is 30.3 Å². The van der Waals surface area contributed by atoms with Crippen molar-refractivity contribution in [1.29, 1.82) is 0 Å². The number of carbonyl (C=O) groups is 5. The molecular formula is C35H49N7O6. The monoisotopic (exact) mass is 663 g/mol. The van der Waals surface area contributed by atoms with Crippen LogP contribution < -0.4 is 21.3 Å².